The Balaban J connectivity index is 1.74. The van der Waals surface area contributed by atoms with E-state index in [1.54, 1.807) is 26.4 Å². The summed E-state index contributed by atoms with van der Waals surface area (Å²) in [5.74, 6) is 1.32. The van der Waals surface area contributed by atoms with Crippen molar-refractivity contribution in [2.45, 2.75) is 18.9 Å². The maximum Gasteiger partial charge on any atom is 0.255 e. The standard InChI is InChI=1S/C21H26N2O3/c1-25-17-11-9-16(10-12-17)19(23-13-5-6-14-23)15-22-21(24)18-7-3-4-8-20(18)26-2/h3-4,7-12,19H,5-6,13-15H2,1-2H3,(H,22,24). The van der Waals surface area contributed by atoms with Crippen LogP contribution < -0.4 is 14.8 Å². The fourth-order valence-electron chi connectivity index (χ4n) is 3.45. The molecule has 1 N–H and O–H groups in total. The zero-order valence-corrected chi connectivity index (χ0v) is 15.4. The van der Waals surface area contributed by atoms with E-state index >= 15 is 0 Å². The Morgan fingerprint density at radius 3 is 2.38 bits per heavy atom. The predicted octanol–water partition coefficient (Wildman–Crippen LogP) is 3.27. The number of hydrogen-bond acceptors (Lipinski definition) is 4. The molecular formula is C21H26N2O3. The minimum absolute atomic E-state index is 0.111. The molecule has 0 bridgehead atoms. The van der Waals surface area contributed by atoms with Gasteiger partial charge in [-0.25, -0.2) is 0 Å². The number of nitrogens with one attached hydrogen (secondary N) is 1. The third kappa shape index (κ3) is 4.17. The Morgan fingerprint density at radius 2 is 1.73 bits per heavy atom. The lowest BCUT2D eigenvalue weighted by Crippen LogP contribution is -2.36. The molecule has 1 amide bonds. The zero-order chi connectivity index (χ0) is 18.4. The number of benzene rings is 2. The molecule has 1 fully saturated rings. The van der Waals surface area contributed by atoms with Crippen LogP contribution in [0.25, 0.3) is 0 Å². The third-order valence-corrected chi connectivity index (χ3v) is 4.89. The van der Waals surface area contributed by atoms with Gasteiger partial charge in [-0.05, 0) is 55.8 Å². The molecule has 3 rings (SSSR count). The molecule has 1 heterocycles. The Hall–Kier alpha value is -2.53. The Labute approximate surface area is 154 Å². The molecule has 1 aliphatic heterocycles. The van der Waals surface area contributed by atoms with Gasteiger partial charge in [0.2, 0.25) is 0 Å². The average molecular weight is 354 g/mol. The lowest BCUT2D eigenvalue weighted by Gasteiger charge is -2.28. The molecule has 2 aromatic carbocycles. The van der Waals surface area contributed by atoms with Crippen LogP contribution in [-0.4, -0.2) is 44.7 Å². The van der Waals surface area contributed by atoms with Gasteiger partial charge in [0, 0.05) is 6.54 Å². The van der Waals surface area contributed by atoms with Crippen molar-refractivity contribution < 1.29 is 14.3 Å². The second-order valence-electron chi connectivity index (χ2n) is 6.44. The number of hydrogen-bond donors (Lipinski definition) is 1. The van der Waals surface area contributed by atoms with Crippen LogP contribution in [0.3, 0.4) is 0 Å². The summed E-state index contributed by atoms with van der Waals surface area (Å²) >= 11 is 0. The van der Waals surface area contributed by atoms with Crippen molar-refractivity contribution in [3.8, 4) is 11.5 Å². The Morgan fingerprint density at radius 1 is 1.04 bits per heavy atom. The largest absolute Gasteiger partial charge is 0.497 e. The molecule has 0 saturated carbocycles. The second-order valence-corrected chi connectivity index (χ2v) is 6.44. The molecule has 0 spiro atoms. The number of rotatable bonds is 7. The van der Waals surface area contributed by atoms with Crippen LogP contribution >= 0.6 is 0 Å². The van der Waals surface area contributed by atoms with Crippen molar-refractivity contribution in [3.05, 3.63) is 59.7 Å². The summed E-state index contributed by atoms with van der Waals surface area (Å²) in [6.07, 6.45) is 2.40. The highest BCUT2D eigenvalue weighted by Crippen LogP contribution is 2.26. The molecular weight excluding hydrogens is 328 g/mol. The molecule has 1 aliphatic rings. The first kappa shape index (κ1) is 18.3. The van der Waals surface area contributed by atoms with Crippen molar-refractivity contribution in [1.82, 2.24) is 10.2 Å². The highest BCUT2D eigenvalue weighted by molar-refractivity contribution is 5.96. The van der Waals surface area contributed by atoms with Crippen LogP contribution in [0.5, 0.6) is 11.5 Å². The van der Waals surface area contributed by atoms with Crippen molar-refractivity contribution >= 4 is 5.91 Å². The summed E-state index contributed by atoms with van der Waals surface area (Å²) in [5.41, 5.74) is 1.75. The van der Waals surface area contributed by atoms with E-state index in [4.69, 9.17) is 9.47 Å². The monoisotopic (exact) mass is 354 g/mol. The maximum absolute atomic E-state index is 12.6. The summed E-state index contributed by atoms with van der Waals surface area (Å²) in [4.78, 5) is 15.1. The van der Waals surface area contributed by atoms with E-state index in [2.05, 4.69) is 22.3 Å². The van der Waals surface area contributed by atoms with E-state index in [9.17, 15) is 4.79 Å². The fraction of sp³-hybridized carbons (Fsp3) is 0.381. The molecule has 1 atom stereocenters. The van der Waals surface area contributed by atoms with Gasteiger partial charge >= 0.3 is 0 Å². The van der Waals surface area contributed by atoms with Crippen LogP contribution in [0.1, 0.15) is 34.8 Å². The number of likely N-dealkylation sites (tertiary alicyclic amines) is 1. The first-order valence-corrected chi connectivity index (χ1v) is 9.02. The minimum Gasteiger partial charge on any atom is -0.497 e. The summed E-state index contributed by atoms with van der Waals surface area (Å²) in [6, 6.07) is 15.6. The molecule has 2 aromatic rings. The minimum atomic E-state index is -0.111. The highest BCUT2D eigenvalue weighted by atomic mass is 16.5. The van der Waals surface area contributed by atoms with Gasteiger partial charge in [-0.15, -0.1) is 0 Å². The van der Waals surface area contributed by atoms with Crippen LogP contribution in [0.2, 0.25) is 0 Å². The third-order valence-electron chi connectivity index (χ3n) is 4.89. The van der Waals surface area contributed by atoms with Gasteiger partial charge in [-0.2, -0.15) is 0 Å². The second kappa shape index (κ2) is 8.72. The first-order valence-electron chi connectivity index (χ1n) is 9.02. The van der Waals surface area contributed by atoms with Crippen LogP contribution in [0.4, 0.5) is 0 Å². The number of para-hydroxylation sites is 1. The van der Waals surface area contributed by atoms with Gasteiger partial charge < -0.3 is 14.8 Å². The van der Waals surface area contributed by atoms with Crippen molar-refractivity contribution in [2.75, 3.05) is 33.9 Å². The molecule has 5 heteroatoms. The SMILES string of the molecule is COc1ccc(C(CNC(=O)c2ccccc2OC)N2CCCC2)cc1. The van der Waals surface area contributed by atoms with Gasteiger partial charge in [0.05, 0.1) is 25.8 Å². The molecule has 1 saturated heterocycles. The smallest absolute Gasteiger partial charge is 0.255 e. The molecule has 0 aromatic heterocycles. The van der Waals surface area contributed by atoms with Crippen molar-refractivity contribution in [1.29, 1.82) is 0 Å². The van der Waals surface area contributed by atoms with E-state index in [-0.39, 0.29) is 11.9 Å². The summed E-state index contributed by atoms with van der Waals surface area (Å²) in [7, 11) is 3.25. The van der Waals surface area contributed by atoms with Crippen LogP contribution in [-0.2, 0) is 0 Å². The number of ether oxygens (including phenoxy) is 2. The number of nitrogens with zero attached hydrogens (tertiary/aromatic N) is 1. The molecule has 5 nitrogen and oxygen atoms in total. The predicted molar refractivity (Wildman–Crippen MR) is 102 cm³/mol. The fourth-order valence-corrected chi connectivity index (χ4v) is 3.45. The van der Waals surface area contributed by atoms with Crippen molar-refractivity contribution in [3.63, 3.8) is 0 Å². The van der Waals surface area contributed by atoms with Gasteiger partial charge in [0.25, 0.3) is 5.91 Å². The Bertz CT molecular complexity index is 724. The van der Waals surface area contributed by atoms with Gasteiger partial charge in [0.1, 0.15) is 11.5 Å². The quantitative estimate of drug-likeness (QED) is 0.829. The maximum atomic E-state index is 12.6. The topological polar surface area (TPSA) is 50.8 Å². The van der Waals surface area contributed by atoms with Crippen molar-refractivity contribution in [2.24, 2.45) is 0 Å². The summed E-state index contributed by atoms with van der Waals surface area (Å²) in [5, 5.41) is 3.09. The highest BCUT2D eigenvalue weighted by Gasteiger charge is 2.24. The molecule has 138 valence electrons. The van der Waals surface area contributed by atoms with Crippen LogP contribution in [0.15, 0.2) is 48.5 Å². The normalized spacial score (nSPS) is 15.5. The van der Waals surface area contributed by atoms with Gasteiger partial charge in [0.15, 0.2) is 0 Å². The molecule has 0 radical (unpaired) electrons. The first-order chi connectivity index (χ1) is 12.7. The molecule has 1 unspecified atom stereocenters. The van der Waals surface area contributed by atoms with Gasteiger partial charge in [-0.1, -0.05) is 24.3 Å². The zero-order valence-electron chi connectivity index (χ0n) is 15.4. The number of carbonyl (C=O) groups excluding carboxylic acids is 1. The summed E-state index contributed by atoms with van der Waals surface area (Å²) in [6.45, 7) is 2.67. The molecule has 0 aliphatic carbocycles. The van der Waals surface area contributed by atoms with Crippen LogP contribution in [0, 0.1) is 0 Å². The lowest BCUT2D eigenvalue weighted by atomic mass is 10.0. The van der Waals surface area contributed by atoms with E-state index in [1.165, 1.54) is 18.4 Å². The van der Waals surface area contributed by atoms with Gasteiger partial charge in [-0.3, -0.25) is 9.69 Å². The average Bonchev–Trinajstić information content (AvgIpc) is 3.23. The lowest BCUT2D eigenvalue weighted by molar-refractivity contribution is 0.0935. The van der Waals surface area contributed by atoms with E-state index in [0.29, 0.717) is 17.9 Å². The number of methoxy groups -OCH3 is 2. The summed E-state index contributed by atoms with van der Waals surface area (Å²) < 4.78 is 10.6. The number of carbonyl (C=O) groups is 1. The molecule has 26 heavy (non-hydrogen) atoms. The van der Waals surface area contributed by atoms with E-state index < -0.39 is 0 Å². The Kier molecular flexibility index (Phi) is 6.12. The van der Waals surface area contributed by atoms with E-state index in [1.807, 2.05) is 24.3 Å². The van der Waals surface area contributed by atoms with E-state index in [0.717, 1.165) is 18.8 Å². The number of amides is 1.